The fourth-order valence-corrected chi connectivity index (χ4v) is 10.2. The molecule has 51 heavy (non-hydrogen) atoms. The minimum atomic E-state index is -0.880. The molecule has 0 amide bonds. The molecule has 11 heteroatoms. The first-order valence-electron chi connectivity index (χ1n) is 19.6. The summed E-state index contributed by atoms with van der Waals surface area (Å²) in [6.07, 6.45) is 9.22. The summed E-state index contributed by atoms with van der Waals surface area (Å²) in [5.74, 6) is -0.141. The number of fused-ring (bicyclic) bond motifs is 5. The number of methoxy groups -OCH3 is 2. The van der Waals surface area contributed by atoms with Crippen molar-refractivity contribution in [1.29, 1.82) is 0 Å². The Morgan fingerprint density at radius 3 is 2.35 bits per heavy atom. The molecule has 11 nitrogen and oxygen atoms in total. The molecule has 0 bridgehead atoms. The van der Waals surface area contributed by atoms with Gasteiger partial charge >= 0.3 is 5.97 Å². The smallest absolute Gasteiger partial charge is 0.306 e. The molecule has 0 radical (unpaired) electrons. The van der Waals surface area contributed by atoms with E-state index < -0.39 is 24.6 Å². The Hall–Kier alpha value is -1.70. The number of esters is 1. The van der Waals surface area contributed by atoms with Crippen molar-refractivity contribution in [1.82, 2.24) is 4.90 Å². The summed E-state index contributed by atoms with van der Waals surface area (Å²) in [7, 11) is 7.28. The van der Waals surface area contributed by atoms with Crippen molar-refractivity contribution >= 4 is 11.8 Å². The van der Waals surface area contributed by atoms with E-state index in [1.807, 2.05) is 13.8 Å². The molecule has 4 fully saturated rings. The summed E-state index contributed by atoms with van der Waals surface area (Å²) < 4.78 is 43.0. The first-order valence-corrected chi connectivity index (χ1v) is 19.6. The van der Waals surface area contributed by atoms with Crippen LogP contribution in [0, 0.1) is 35.5 Å². The van der Waals surface area contributed by atoms with Gasteiger partial charge in [0.1, 0.15) is 24.4 Å². The molecule has 1 saturated carbocycles. The molecule has 3 saturated heterocycles. The maximum atomic E-state index is 14.6. The molecule has 3 unspecified atom stereocenters. The molecule has 1 N–H and O–H groups in total. The number of hydrogen-bond donors (Lipinski definition) is 1. The maximum absolute atomic E-state index is 14.6. The highest BCUT2D eigenvalue weighted by Gasteiger charge is 2.52. The summed E-state index contributed by atoms with van der Waals surface area (Å²) in [6.45, 7) is 8.04. The number of hydrogen-bond acceptors (Lipinski definition) is 11. The van der Waals surface area contributed by atoms with Crippen molar-refractivity contribution in [3.05, 3.63) is 23.8 Å². The summed E-state index contributed by atoms with van der Waals surface area (Å²) in [6, 6.07) is 0.334. The number of Topliss-reactive ketones (excluding diaryl/α,β-unsaturated/α-hetero) is 1. The highest BCUT2D eigenvalue weighted by Crippen LogP contribution is 2.54. The Labute approximate surface area is 304 Å². The van der Waals surface area contributed by atoms with Crippen LogP contribution in [-0.2, 0) is 42.7 Å². The molecule has 17 atom stereocenters. The molecule has 288 valence electrons. The van der Waals surface area contributed by atoms with Crippen LogP contribution in [0.15, 0.2) is 23.8 Å². The van der Waals surface area contributed by atoms with Gasteiger partial charge in [-0.25, -0.2) is 0 Å². The third kappa shape index (κ3) is 8.21. The van der Waals surface area contributed by atoms with Crippen molar-refractivity contribution in [2.45, 2.75) is 153 Å². The number of carbonyl (C=O) groups is 2. The number of ketones is 1. The van der Waals surface area contributed by atoms with E-state index in [-0.39, 0.29) is 90.5 Å². The van der Waals surface area contributed by atoms with E-state index in [0.29, 0.717) is 12.5 Å². The topological polar surface area (TPSA) is 122 Å². The zero-order chi connectivity index (χ0) is 36.6. The standard InChI is InChI=1S/C40H63NO10/c1-9-25-11-10-12-33(51-35-16-15-32(41(5)6)22(3)47-35)21(2)36(43)31-19-29-27(30(31)20-34(42)49-25)14-13-24-17-26(18-28(24)29)50-40-39(46-8)37(44)38(45-7)23(4)48-40/h13-14,19,21-30,32-33,35,37-40,44H,9-12,15-18,20H2,1-8H3/t21-,22?,23?,24-,25+,26-,27-,28-,29-,30+,32+,33+,35+,37?,38+,39+,40+/m1/s1. The van der Waals surface area contributed by atoms with E-state index in [2.05, 4.69) is 51.1 Å². The van der Waals surface area contributed by atoms with Gasteiger partial charge in [0.2, 0.25) is 0 Å². The lowest BCUT2D eigenvalue weighted by molar-refractivity contribution is -0.311. The van der Waals surface area contributed by atoms with Gasteiger partial charge in [0.25, 0.3) is 0 Å². The van der Waals surface area contributed by atoms with E-state index >= 15 is 0 Å². The van der Waals surface area contributed by atoms with Gasteiger partial charge in [-0.05, 0) is 109 Å². The fourth-order valence-electron chi connectivity index (χ4n) is 10.2. The molecule has 3 aliphatic heterocycles. The lowest BCUT2D eigenvalue weighted by atomic mass is 9.70. The van der Waals surface area contributed by atoms with Crippen LogP contribution in [0.1, 0.15) is 85.5 Å². The van der Waals surface area contributed by atoms with Gasteiger partial charge in [-0.3, -0.25) is 9.59 Å². The van der Waals surface area contributed by atoms with Gasteiger partial charge in [0, 0.05) is 32.1 Å². The van der Waals surface area contributed by atoms with Crippen LogP contribution < -0.4 is 0 Å². The molecular weight excluding hydrogens is 654 g/mol. The predicted octanol–water partition coefficient (Wildman–Crippen LogP) is 4.83. The molecule has 3 aliphatic carbocycles. The largest absolute Gasteiger partial charge is 0.462 e. The second-order valence-electron chi connectivity index (χ2n) is 16.3. The number of ether oxygens (including phenoxy) is 7. The molecule has 0 aromatic rings. The second kappa shape index (κ2) is 16.8. The number of likely N-dealkylation sites (N-methyl/N-ethyl adjacent to an activating group) is 1. The van der Waals surface area contributed by atoms with E-state index in [1.54, 1.807) is 14.2 Å². The van der Waals surface area contributed by atoms with Crippen LogP contribution in [-0.4, -0.2) is 118 Å². The normalized spacial score (nSPS) is 46.4. The number of allylic oxidation sites excluding steroid dienone is 4. The number of rotatable bonds is 8. The molecule has 6 rings (SSSR count). The van der Waals surface area contributed by atoms with Crippen LogP contribution in [0.5, 0.6) is 0 Å². The number of nitrogens with zero attached hydrogens (tertiary/aromatic N) is 1. The zero-order valence-corrected chi connectivity index (χ0v) is 32.0. The highest BCUT2D eigenvalue weighted by atomic mass is 16.7. The predicted molar refractivity (Wildman–Crippen MR) is 189 cm³/mol. The molecule has 6 aliphatic rings. The monoisotopic (exact) mass is 717 g/mol. The summed E-state index contributed by atoms with van der Waals surface area (Å²) in [4.78, 5) is 30.3. The quantitative estimate of drug-likeness (QED) is 0.275. The van der Waals surface area contributed by atoms with Crippen LogP contribution in [0.25, 0.3) is 0 Å². The third-order valence-corrected chi connectivity index (χ3v) is 13.0. The van der Waals surface area contributed by atoms with Gasteiger partial charge < -0.3 is 43.2 Å². The van der Waals surface area contributed by atoms with Crippen molar-refractivity contribution < 1.29 is 47.9 Å². The van der Waals surface area contributed by atoms with Crippen molar-refractivity contribution in [2.75, 3.05) is 28.3 Å². The summed E-state index contributed by atoms with van der Waals surface area (Å²) in [5, 5.41) is 10.9. The minimum Gasteiger partial charge on any atom is -0.462 e. The Bertz CT molecular complexity index is 1270. The van der Waals surface area contributed by atoms with Gasteiger partial charge in [0.05, 0.1) is 30.8 Å². The SMILES string of the molecule is CC[C@H]1CCC[C@H](O[C@H]2CC[C@H](N(C)C)C(C)O2)[C@@H](C)C(=O)C2=C[C@@H]3[C@@H](C=C[C@@H]4C[C@@H](O[C@@H]5OC(C)[C@H](OC)C(O)[C@@H]5OC)C[C@@H]34)[C@@H]2CC(=O)O1. The number of carbonyl (C=O) groups excluding carboxylic acids is 2. The lowest BCUT2D eigenvalue weighted by Gasteiger charge is -2.42. The van der Waals surface area contributed by atoms with Gasteiger partial charge in [-0.2, -0.15) is 0 Å². The zero-order valence-electron chi connectivity index (χ0n) is 32.0. The molecule has 0 spiro atoms. The van der Waals surface area contributed by atoms with Crippen LogP contribution in [0.4, 0.5) is 0 Å². The van der Waals surface area contributed by atoms with Crippen LogP contribution in [0.2, 0.25) is 0 Å². The first kappa shape index (κ1) is 39.0. The molecular formula is C40H63NO10. The number of aliphatic hydroxyl groups excluding tert-OH is 1. The van der Waals surface area contributed by atoms with Crippen molar-refractivity contribution in [3.8, 4) is 0 Å². The average molecular weight is 718 g/mol. The van der Waals surface area contributed by atoms with E-state index in [4.69, 9.17) is 33.2 Å². The van der Waals surface area contributed by atoms with Crippen molar-refractivity contribution in [3.63, 3.8) is 0 Å². The van der Waals surface area contributed by atoms with Crippen molar-refractivity contribution in [2.24, 2.45) is 35.5 Å². The van der Waals surface area contributed by atoms with E-state index in [1.165, 1.54) is 0 Å². The summed E-state index contributed by atoms with van der Waals surface area (Å²) in [5.41, 5.74) is 0.745. The fraction of sp³-hybridized carbons (Fsp3) is 0.850. The third-order valence-electron chi connectivity index (χ3n) is 13.0. The minimum absolute atomic E-state index is 0.0264. The Kier molecular flexibility index (Phi) is 12.8. The highest BCUT2D eigenvalue weighted by molar-refractivity contribution is 5.99. The van der Waals surface area contributed by atoms with Gasteiger partial charge in [0.15, 0.2) is 18.4 Å². The maximum Gasteiger partial charge on any atom is 0.306 e. The van der Waals surface area contributed by atoms with Gasteiger partial charge in [-0.1, -0.05) is 32.1 Å². The lowest BCUT2D eigenvalue weighted by Crippen LogP contribution is -2.59. The van der Waals surface area contributed by atoms with E-state index in [0.717, 1.165) is 50.5 Å². The van der Waals surface area contributed by atoms with Gasteiger partial charge in [-0.15, -0.1) is 0 Å². The number of cyclic esters (lactones) is 1. The van der Waals surface area contributed by atoms with Crippen LogP contribution >= 0.6 is 0 Å². The number of aliphatic hydroxyl groups is 1. The second-order valence-corrected chi connectivity index (χ2v) is 16.3. The average Bonchev–Trinajstić information content (AvgIpc) is 3.67. The molecule has 0 aromatic carbocycles. The summed E-state index contributed by atoms with van der Waals surface area (Å²) >= 11 is 0. The Balaban J connectivity index is 1.20. The first-order chi connectivity index (χ1) is 24.4. The van der Waals surface area contributed by atoms with E-state index in [9.17, 15) is 14.7 Å². The molecule has 0 aromatic heterocycles. The Morgan fingerprint density at radius 1 is 0.902 bits per heavy atom. The van der Waals surface area contributed by atoms with Crippen LogP contribution in [0.3, 0.4) is 0 Å². The Morgan fingerprint density at radius 2 is 1.67 bits per heavy atom. The molecule has 3 heterocycles.